The lowest BCUT2D eigenvalue weighted by molar-refractivity contribution is 0.411. The van der Waals surface area contributed by atoms with Gasteiger partial charge in [-0.25, -0.2) is 0 Å². The lowest BCUT2D eigenvalue weighted by atomic mass is 9.95. The molecule has 1 aromatic rings. The molecule has 1 heterocycles. The fourth-order valence-corrected chi connectivity index (χ4v) is 2.40. The van der Waals surface area contributed by atoms with E-state index in [1.165, 1.54) is 22.3 Å². The highest BCUT2D eigenvalue weighted by Gasteiger charge is 2.10. The van der Waals surface area contributed by atoms with Crippen LogP contribution in [-0.4, -0.2) is 20.2 Å². The quantitative estimate of drug-likeness (QED) is 0.844. The summed E-state index contributed by atoms with van der Waals surface area (Å²) < 4.78 is 5.36. The number of aryl methyl sites for hydroxylation is 2. The molecule has 0 spiro atoms. The molecule has 0 bridgehead atoms. The molecule has 0 radical (unpaired) electrons. The van der Waals surface area contributed by atoms with E-state index in [0.29, 0.717) is 0 Å². The van der Waals surface area contributed by atoms with Crippen LogP contribution in [-0.2, 0) is 0 Å². The Balaban J connectivity index is 2.37. The molecule has 0 aromatic heterocycles. The van der Waals surface area contributed by atoms with E-state index >= 15 is 0 Å². The Kier molecular flexibility index (Phi) is 3.85. The first-order valence-electron chi connectivity index (χ1n) is 6.27. The third kappa shape index (κ3) is 2.70. The molecule has 1 aliphatic heterocycles. The standard InChI is InChI=1S/C15H21NO/c1-11-10-15(17-3)12(2)9-14(11)13-5-4-7-16-8-6-13/h5,9-10,16H,4,6-8H2,1-3H3. The maximum Gasteiger partial charge on any atom is 0.122 e. The first-order chi connectivity index (χ1) is 8.22. The molecule has 2 rings (SSSR count). The van der Waals surface area contributed by atoms with Crippen LogP contribution in [0.25, 0.3) is 5.57 Å². The highest BCUT2D eigenvalue weighted by atomic mass is 16.5. The molecular formula is C15H21NO. The summed E-state index contributed by atoms with van der Waals surface area (Å²) in [5.74, 6) is 0.985. The minimum absolute atomic E-state index is 0.985. The molecular weight excluding hydrogens is 210 g/mol. The van der Waals surface area contributed by atoms with E-state index < -0.39 is 0 Å². The highest BCUT2D eigenvalue weighted by molar-refractivity contribution is 5.70. The molecule has 17 heavy (non-hydrogen) atoms. The molecule has 0 amide bonds. The summed E-state index contributed by atoms with van der Waals surface area (Å²) in [5.41, 5.74) is 5.37. The first-order valence-corrected chi connectivity index (χ1v) is 6.27. The SMILES string of the molecule is COc1cc(C)c(C2=CCCNCC2)cc1C. The second-order valence-electron chi connectivity index (χ2n) is 4.65. The summed E-state index contributed by atoms with van der Waals surface area (Å²) >= 11 is 0. The minimum Gasteiger partial charge on any atom is -0.496 e. The fourth-order valence-electron chi connectivity index (χ4n) is 2.40. The number of methoxy groups -OCH3 is 1. The third-order valence-corrected chi connectivity index (χ3v) is 3.37. The van der Waals surface area contributed by atoms with E-state index in [1.807, 2.05) is 0 Å². The van der Waals surface area contributed by atoms with Crippen LogP contribution in [0.4, 0.5) is 0 Å². The number of hydrogen-bond donors (Lipinski definition) is 1. The van der Waals surface area contributed by atoms with Gasteiger partial charge in [-0.05, 0) is 74.2 Å². The van der Waals surface area contributed by atoms with Gasteiger partial charge in [-0.1, -0.05) is 6.08 Å². The van der Waals surface area contributed by atoms with Crippen molar-refractivity contribution in [1.29, 1.82) is 0 Å². The van der Waals surface area contributed by atoms with Gasteiger partial charge in [0.25, 0.3) is 0 Å². The number of ether oxygens (including phenoxy) is 1. The summed E-state index contributed by atoms with van der Waals surface area (Å²) in [5, 5.41) is 3.43. The zero-order chi connectivity index (χ0) is 12.3. The Morgan fingerprint density at radius 2 is 1.94 bits per heavy atom. The molecule has 2 nitrogen and oxygen atoms in total. The van der Waals surface area contributed by atoms with E-state index in [9.17, 15) is 0 Å². The van der Waals surface area contributed by atoms with Crippen molar-refractivity contribution >= 4 is 5.57 Å². The predicted octanol–water partition coefficient (Wildman–Crippen LogP) is 3.08. The highest BCUT2D eigenvalue weighted by Crippen LogP contribution is 2.29. The molecule has 1 N–H and O–H groups in total. The molecule has 0 saturated heterocycles. The average molecular weight is 231 g/mol. The maximum atomic E-state index is 5.36. The average Bonchev–Trinajstić information content (AvgIpc) is 2.60. The number of nitrogens with one attached hydrogen (secondary N) is 1. The van der Waals surface area contributed by atoms with Gasteiger partial charge in [0.2, 0.25) is 0 Å². The van der Waals surface area contributed by atoms with Crippen molar-refractivity contribution in [2.24, 2.45) is 0 Å². The summed E-state index contributed by atoms with van der Waals surface area (Å²) in [7, 11) is 1.73. The van der Waals surface area contributed by atoms with Crippen molar-refractivity contribution in [3.05, 3.63) is 34.9 Å². The van der Waals surface area contributed by atoms with Crippen LogP contribution in [0.15, 0.2) is 18.2 Å². The third-order valence-electron chi connectivity index (χ3n) is 3.37. The first kappa shape index (κ1) is 12.2. The zero-order valence-electron chi connectivity index (χ0n) is 11.0. The van der Waals surface area contributed by atoms with E-state index in [-0.39, 0.29) is 0 Å². The smallest absolute Gasteiger partial charge is 0.122 e. The molecule has 2 heteroatoms. The monoisotopic (exact) mass is 231 g/mol. The summed E-state index contributed by atoms with van der Waals surface area (Å²) in [6, 6.07) is 4.40. The van der Waals surface area contributed by atoms with Gasteiger partial charge in [0.1, 0.15) is 5.75 Å². The Morgan fingerprint density at radius 1 is 1.12 bits per heavy atom. The van der Waals surface area contributed by atoms with Crippen LogP contribution in [0.1, 0.15) is 29.5 Å². The molecule has 0 saturated carbocycles. The minimum atomic E-state index is 0.985. The molecule has 0 fully saturated rings. The van der Waals surface area contributed by atoms with E-state index in [2.05, 4.69) is 37.4 Å². The molecule has 92 valence electrons. The van der Waals surface area contributed by atoms with E-state index in [0.717, 1.165) is 31.7 Å². The summed E-state index contributed by atoms with van der Waals surface area (Å²) in [6.07, 6.45) is 4.61. The predicted molar refractivity (Wildman–Crippen MR) is 72.5 cm³/mol. The van der Waals surface area contributed by atoms with Gasteiger partial charge in [-0.3, -0.25) is 0 Å². The number of hydrogen-bond acceptors (Lipinski definition) is 2. The van der Waals surface area contributed by atoms with Crippen molar-refractivity contribution in [2.75, 3.05) is 20.2 Å². The lowest BCUT2D eigenvalue weighted by Crippen LogP contribution is -2.13. The van der Waals surface area contributed by atoms with Crippen molar-refractivity contribution in [3.8, 4) is 5.75 Å². The largest absolute Gasteiger partial charge is 0.496 e. The van der Waals surface area contributed by atoms with Gasteiger partial charge in [0.15, 0.2) is 0 Å². The van der Waals surface area contributed by atoms with Gasteiger partial charge < -0.3 is 10.1 Å². The molecule has 1 aliphatic rings. The summed E-state index contributed by atoms with van der Waals surface area (Å²) in [6.45, 7) is 6.45. The van der Waals surface area contributed by atoms with Crippen LogP contribution in [0.3, 0.4) is 0 Å². The van der Waals surface area contributed by atoms with Crippen LogP contribution in [0, 0.1) is 13.8 Å². The number of rotatable bonds is 2. The summed E-state index contributed by atoms with van der Waals surface area (Å²) in [4.78, 5) is 0. The Labute approximate surface area is 104 Å². The molecule has 0 unspecified atom stereocenters. The van der Waals surface area contributed by atoms with E-state index in [1.54, 1.807) is 7.11 Å². The van der Waals surface area contributed by atoms with Crippen LogP contribution in [0.2, 0.25) is 0 Å². The van der Waals surface area contributed by atoms with Crippen molar-refractivity contribution < 1.29 is 4.74 Å². The maximum absolute atomic E-state index is 5.36. The number of benzene rings is 1. The molecule has 0 aliphatic carbocycles. The van der Waals surface area contributed by atoms with Crippen LogP contribution in [0.5, 0.6) is 5.75 Å². The fraction of sp³-hybridized carbons (Fsp3) is 0.467. The van der Waals surface area contributed by atoms with Gasteiger partial charge in [0.05, 0.1) is 7.11 Å². The van der Waals surface area contributed by atoms with Gasteiger partial charge in [0, 0.05) is 0 Å². The van der Waals surface area contributed by atoms with E-state index in [4.69, 9.17) is 4.74 Å². The van der Waals surface area contributed by atoms with Gasteiger partial charge in [-0.15, -0.1) is 0 Å². The van der Waals surface area contributed by atoms with Crippen molar-refractivity contribution in [2.45, 2.75) is 26.7 Å². The lowest BCUT2D eigenvalue weighted by Gasteiger charge is -2.13. The topological polar surface area (TPSA) is 21.3 Å². The van der Waals surface area contributed by atoms with Gasteiger partial charge >= 0.3 is 0 Å². The van der Waals surface area contributed by atoms with Crippen molar-refractivity contribution in [3.63, 3.8) is 0 Å². The Morgan fingerprint density at radius 3 is 2.71 bits per heavy atom. The Bertz CT molecular complexity index is 435. The molecule has 0 atom stereocenters. The van der Waals surface area contributed by atoms with Crippen LogP contribution >= 0.6 is 0 Å². The second-order valence-corrected chi connectivity index (χ2v) is 4.65. The Hall–Kier alpha value is -1.28. The zero-order valence-corrected chi connectivity index (χ0v) is 11.0. The van der Waals surface area contributed by atoms with Crippen LogP contribution < -0.4 is 10.1 Å². The van der Waals surface area contributed by atoms with Gasteiger partial charge in [-0.2, -0.15) is 0 Å². The van der Waals surface area contributed by atoms with Crippen molar-refractivity contribution in [1.82, 2.24) is 5.32 Å². The second kappa shape index (κ2) is 5.37. The normalized spacial score (nSPS) is 16.3. The molecule has 1 aromatic carbocycles.